The molecule has 0 bridgehead atoms. The Morgan fingerprint density at radius 3 is 2.67 bits per heavy atom. The molecule has 4 nitrogen and oxygen atoms in total. The van der Waals surface area contributed by atoms with Crippen molar-refractivity contribution in [1.29, 1.82) is 0 Å². The smallest absolute Gasteiger partial charge is 0.488 e. The molecular weight excluding hydrogens is 359 g/mol. The lowest BCUT2D eigenvalue weighted by Crippen LogP contribution is -2.35. The average molecular weight is 377 g/mol. The number of alkyl halides is 3. The van der Waals surface area contributed by atoms with Crippen molar-refractivity contribution in [2.75, 3.05) is 6.54 Å². The zero-order valence-electron chi connectivity index (χ0n) is 14.4. The molecule has 0 unspecified atom stereocenters. The van der Waals surface area contributed by atoms with Crippen molar-refractivity contribution in [3.8, 4) is 22.6 Å². The van der Waals surface area contributed by atoms with Gasteiger partial charge in [-0.3, -0.25) is 4.79 Å². The van der Waals surface area contributed by atoms with Gasteiger partial charge in [0, 0.05) is 12.3 Å². The summed E-state index contributed by atoms with van der Waals surface area (Å²) >= 11 is 0. The third-order valence-electron chi connectivity index (χ3n) is 4.65. The van der Waals surface area contributed by atoms with Gasteiger partial charge >= 0.3 is 6.36 Å². The van der Waals surface area contributed by atoms with Crippen LogP contribution >= 0.6 is 0 Å². The van der Waals surface area contributed by atoms with Crippen LogP contribution in [0.25, 0.3) is 11.1 Å². The number of amides is 1. The number of benzene rings is 2. The maximum Gasteiger partial charge on any atom is 0.573 e. The van der Waals surface area contributed by atoms with E-state index in [9.17, 15) is 18.0 Å². The van der Waals surface area contributed by atoms with Crippen LogP contribution in [0, 0.1) is 5.92 Å². The van der Waals surface area contributed by atoms with Gasteiger partial charge in [-0.2, -0.15) is 0 Å². The summed E-state index contributed by atoms with van der Waals surface area (Å²) in [5.74, 6) is 0.729. The van der Waals surface area contributed by atoms with Crippen molar-refractivity contribution in [1.82, 2.24) is 5.32 Å². The first-order valence-electron chi connectivity index (χ1n) is 8.81. The summed E-state index contributed by atoms with van der Waals surface area (Å²) in [7, 11) is 0. The number of carbonyl (C=O) groups excluding carboxylic acids is 1. The number of ether oxygens (including phenoxy) is 2. The lowest BCUT2D eigenvalue weighted by atomic mass is 10.0. The summed E-state index contributed by atoms with van der Waals surface area (Å²) < 4.78 is 47.1. The molecular formula is C20H18F3NO3. The third-order valence-corrected chi connectivity index (χ3v) is 4.65. The fourth-order valence-electron chi connectivity index (χ4n) is 3.19. The van der Waals surface area contributed by atoms with E-state index >= 15 is 0 Å². The number of carbonyl (C=O) groups is 1. The SMILES string of the molecule is O=C(NC[C@@H]1Cc2cc(-c3cccc(OC(F)(F)F)c3)ccc2O1)C1CC1. The number of nitrogens with one attached hydrogen (secondary N) is 1. The molecule has 1 amide bonds. The van der Waals surface area contributed by atoms with Gasteiger partial charge in [0.1, 0.15) is 17.6 Å². The number of hydrogen-bond acceptors (Lipinski definition) is 3. The zero-order chi connectivity index (χ0) is 19.0. The van der Waals surface area contributed by atoms with E-state index in [4.69, 9.17) is 4.74 Å². The van der Waals surface area contributed by atoms with Crippen LogP contribution in [0.4, 0.5) is 13.2 Å². The van der Waals surface area contributed by atoms with E-state index in [0.717, 1.165) is 29.7 Å². The van der Waals surface area contributed by atoms with Crippen LogP contribution in [0.15, 0.2) is 42.5 Å². The van der Waals surface area contributed by atoms with Gasteiger partial charge in [0.2, 0.25) is 5.91 Å². The summed E-state index contributed by atoms with van der Waals surface area (Å²) in [4.78, 5) is 11.7. The number of halogens is 3. The minimum atomic E-state index is -4.72. The summed E-state index contributed by atoms with van der Waals surface area (Å²) in [5.41, 5.74) is 2.39. The molecule has 7 heteroatoms. The topological polar surface area (TPSA) is 47.6 Å². The van der Waals surface area contributed by atoms with Crippen LogP contribution in [0.1, 0.15) is 18.4 Å². The highest BCUT2D eigenvalue weighted by molar-refractivity contribution is 5.80. The first kappa shape index (κ1) is 17.7. The van der Waals surface area contributed by atoms with Gasteiger partial charge in [-0.15, -0.1) is 13.2 Å². The van der Waals surface area contributed by atoms with Crippen LogP contribution in [0.2, 0.25) is 0 Å². The van der Waals surface area contributed by atoms with Gasteiger partial charge in [-0.1, -0.05) is 18.2 Å². The lowest BCUT2D eigenvalue weighted by molar-refractivity contribution is -0.274. The number of rotatable bonds is 5. The fraction of sp³-hybridized carbons (Fsp3) is 0.350. The molecule has 0 spiro atoms. The molecule has 4 rings (SSSR count). The van der Waals surface area contributed by atoms with Crippen molar-refractivity contribution >= 4 is 5.91 Å². The summed E-state index contributed by atoms with van der Waals surface area (Å²) in [6, 6.07) is 11.4. The van der Waals surface area contributed by atoms with E-state index < -0.39 is 6.36 Å². The largest absolute Gasteiger partial charge is 0.573 e. The second-order valence-electron chi connectivity index (χ2n) is 6.86. The molecule has 0 saturated heterocycles. The molecule has 0 aromatic heterocycles. The van der Waals surface area contributed by atoms with Crippen LogP contribution in [-0.4, -0.2) is 24.9 Å². The quantitative estimate of drug-likeness (QED) is 0.854. The van der Waals surface area contributed by atoms with Gasteiger partial charge in [0.15, 0.2) is 0 Å². The molecule has 1 atom stereocenters. The summed E-state index contributed by atoms with van der Waals surface area (Å²) in [5, 5.41) is 2.91. The minimum absolute atomic E-state index is 0.0803. The second-order valence-corrected chi connectivity index (χ2v) is 6.86. The van der Waals surface area contributed by atoms with Crippen LogP contribution in [0.3, 0.4) is 0 Å². The first-order chi connectivity index (χ1) is 12.9. The van der Waals surface area contributed by atoms with Crippen LogP contribution in [-0.2, 0) is 11.2 Å². The monoisotopic (exact) mass is 377 g/mol. The normalized spacial score (nSPS) is 18.6. The molecule has 1 N–H and O–H groups in total. The molecule has 1 aliphatic carbocycles. The van der Waals surface area contributed by atoms with E-state index in [-0.39, 0.29) is 23.7 Å². The first-order valence-corrected chi connectivity index (χ1v) is 8.81. The van der Waals surface area contributed by atoms with Gasteiger partial charge < -0.3 is 14.8 Å². The van der Waals surface area contributed by atoms with Gasteiger partial charge in [-0.05, 0) is 53.8 Å². The minimum Gasteiger partial charge on any atom is -0.488 e. The second kappa shape index (κ2) is 6.79. The van der Waals surface area contributed by atoms with E-state index in [0.29, 0.717) is 18.5 Å². The maximum absolute atomic E-state index is 12.4. The van der Waals surface area contributed by atoms with Crippen molar-refractivity contribution < 1.29 is 27.4 Å². The molecule has 1 aliphatic heterocycles. The fourth-order valence-corrected chi connectivity index (χ4v) is 3.19. The highest BCUT2D eigenvalue weighted by atomic mass is 19.4. The predicted octanol–water partition coefficient (Wildman–Crippen LogP) is 4.08. The Morgan fingerprint density at radius 2 is 1.93 bits per heavy atom. The van der Waals surface area contributed by atoms with E-state index in [2.05, 4.69) is 10.1 Å². The standard InChI is InChI=1S/C20H18F3NO3/c21-20(22,23)27-16-3-1-2-13(9-16)14-6-7-18-15(8-14)10-17(26-18)11-24-19(25)12-4-5-12/h1-3,6-9,12,17H,4-5,10-11H2,(H,24,25)/t17-/m0/s1. The summed E-state index contributed by atoms with van der Waals surface area (Å²) in [6.45, 7) is 0.453. The third kappa shape index (κ3) is 4.35. The Kier molecular flexibility index (Phi) is 4.45. The van der Waals surface area contributed by atoms with Gasteiger partial charge in [-0.25, -0.2) is 0 Å². The highest BCUT2D eigenvalue weighted by Gasteiger charge is 2.32. The molecule has 1 heterocycles. The van der Waals surface area contributed by atoms with E-state index in [1.54, 1.807) is 12.1 Å². The number of fused-ring (bicyclic) bond motifs is 1. The zero-order valence-corrected chi connectivity index (χ0v) is 14.4. The molecule has 0 radical (unpaired) electrons. The van der Waals surface area contributed by atoms with Crippen molar-refractivity contribution in [3.05, 3.63) is 48.0 Å². The summed E-state index contributed by atoms with van der Waals surface area (Å²) in [6.07, 6.45) is -2.29. The molecule has 2 aromatic carbocycles. The number of hydrogen-bond donors (Lipinski definition) is 1. The highest BCUT2D eigenvalue weighted by Crippen LogP contribution is 2.35. The Hall–Kier alpha value is -2.70. The predicted molar refractivity (Wildman–Crippen MR) is 92.4 cm³/mol. The molecule has 1 fully saturated rings. The Labute approximate surface area is 154 Å². The van der Waals surface area contributed by atoms with Crippen LogP contribution in [0.5, 0.6) is 11.5 Å². The molecule has 1 saturated carbocycles. The van der Waals surface area contributed by atoms with Gasteiger partial charge in [0.25, 0.3) is 0 Å². The average Bonchev–Trinajstić information content (AvgIpc) is 3.38. The Balaban J connectivity index is 1.44. The Bertz CT molecular complexity index is 862. The molecule has 27 heavy (non-hydrogen) atoms. The molecule has 2 aromatic rings. The van der Waals surface area contributed by atoms with Crippen molar-refractivity contribution in [2.45, 2.75) is 31.7 Å². The molecule has 142 valence electrons. The van der Waals surface area contributed by atoms with Crippen molar-refractivity contribution in [2.24, 2.45) is 5.92 Å². The van der Waals surface area contributed by atoms with Crippen LogP contribution < -0.4 is 14.8 Å². The lowest BCUT2D eigenvalue weighted by Gasteiger charge is -2.11. The maximum atomic E-state index is 12.4. The van der Waals surface area contributed by atoms with Crippen molar-refractivity contribution in [3.63, 3.8) is 0 Å². The Morgan fingerprint density at radius 1 is 1.15 bits per heavy atom. The van der Waals surface area contributed by atoms with Gasteiger partial charge in [0.05, 0.1) is 6.54 Å². The van der Waals surface area contributed by atoms with E-state index in [1.165, 1.54) is 18.2 Å². The molecule has 2 aliphatic rings. The van der Waals surface area contributed by atoms with E-state index in [1.807, 2.05) is 12.1 Å².